The molecular weight excluding hydrogens is 240 g/mol. The summed E-state index contributed by atoms with van der Waals surface area (Å²) in [6.45, 7) is 6.43. The highest BCUT2D eigenvalue weighted by Gasteiger charge is 2.29. The molecule has 1 saturated heterocycles. The van der Waals surface area contributed by atoms with Crippen LogP contribution in [0.5, 0.6) is 0 Å². The molecule has 0 radical (unpaired) electrons. The molecule has 0 spiro atoms. The van der Waals surface area contributed by atoms with Gasteiger partial charge < -0.3 is 15.0 Å². The van der Waals surface area contributed by atoms with Gasteiger partial charge in [-0.3, -0.25) is 4.79 Å². The number of amides is 1. The maximum absolute atomic E-state index is 11.6. The molecule has 1 saturated carbocycles. The molecule has 1 heterocycles. The van der Waals surface area contributed by atoms with Gasteiger partial charge in [-0.05, 0) is 38.6 Å². The fourth-order valence-electron chi connectivity index (χ4n) is 3.29. The van der Waals surface area contributed by atoms with Crippen LogP contribution in [0.25, 0.3) is 0 Å². The predicted octanol–water partition coefficient (Wildman–Crippen LogP) is 1.79. The maximum Gasteiger partial charge on any atom is 0.222 e. The van der Waals surface area contributed by atoms with Gasteiger partial charge in [0.2, 0.25) is 5.91 Å². The van der Waals surface area contributed by atoms with Crippen molar-refractivity contribution in [2.45, 2.75) is 51.5 Å². The number of nitrogens with one attached hydrogen (secondary N) is 1. The normalized spacial score (nSPS) is 25.0. The minimum atomic E-state index is 0.132. The summed E-state index contributed by atoms with van der Waals surface area (Å²) in [6, 6.07) is 0.832. The molecule has 0 aromatic carbocycles. The number of carbonyl (C=O) groups is 1. The molecule has 0 bridgehead atoms. The quantitative estimate of drug-likeness (QED) is 0.716. The van der Waals surface area contributed by atoms with Crippen LogP contribution in [-0.2, 0) is 9.53 Å². The van der Waals surface area contributed by atoms with Crippen molar-refractivity contribution in [3.05, 3.63) is 0 Å². The van der Waals surface area contributed by atoms with Gasteiger partial charge in [-0.2, -0.15) is 0 Å². The molecule has 0 aromatic rings. The standard InChI is InChI=1S/C15H28N2O2/c1-2-19-10-8-15(18)16-11-13-7-9-17(12-13)14-5-3-4-6-14/h13-14H,2-12H2,1H3,(H,16,18)/t13-/m0/s1. The van der Waals surface area contributed by atoms with Crippen molar-refractivity contribution in [2.75, 3.05) is 32.8 Å². The highest BCUT2D eigenvalue weighted by Crippen LogP contribution is 2.28. The summed E-state index contributed by atoms with van der Waals surface area (Å²) in [6.07, 6.45) is 7.30. The van der Waals surface area contributed by atoms with Gasteiger partial charge in [0.1, 0.15) is 0 Å². The topological polar surface area (TPSA) is 41.6 Å². The summed E-state index contributed by atoms with van der Waals surface area (Å²) in [5, 5.41) is 3.05. The second-order valence-electron chi connectivity index (χ2n) is 5.84. The van der Waals surface area contributed by atoms with Crippen LogP contribution in [0.15, 0.2) is 0 Å². The number of nitrogens with zero attached hydrogens (tertiary/aromatic N) is 1. The van der Waals surface area contributed by atoms with Crippen molar-refractivity contribution in [1.82, 2.24) is 10.2 Å². The second kappa shape index (κ2) is 7.85. The zero-order valence-electron chi connectivity index (χ0n) is 12.2. The first-order valence-corrected chi connectivity index (χ1v) is 7.88. The number of rotatable bonds is 7. The SMILES string of the molecule is CCOCCC(=O)NC[C@@H]1CCN(C2CCCC2)C1. The number of carbonyl (C=O) groups excluding carboxylic acids is 1. The van der Waals surface area contributed by atoms with Gasteiger partial charge in [0.25, 0.3) is 0 Å². The van der Waals surface area contributed by atoms with E-state index in [-0.39, 0.29) is 5.91 Å². The van der Waals surface area contributed by atoms with E-state index in [9.17, 15) is 4.79 Å². The largest absolute Gasteiger partial charge is 0.381 e. The molecule has 2 aliphatic rings. The predicted molar refractivity (Wildman–Crippen MR) is 76.1 cm³/mol. The Balaban J connectivity index is 1.58. The minimum absolute atomic E-state index is 0.132. The molecule has 1 aliphatic carbocycles. The Bertz CT molecular complexity index is 277. The van der Waals surface area contributed by atoms with E-state index in [1.165, 1.54) is 45.2 Å². The first-order chi connectivity index (χ1) is 9.29. The molecule has 1 aliphatic heterocycles. The molecule has 2 rings (SSSR count). The molecule has 1 amide bonds. The van der Waals surface area contributed by atoms with Crippen LogP contribution >= 0.6 is 0 Å². The molecule has 4 heteroatoms. The zero-order valence-corrected chi connectivity index (χ0v) is 12.2. The molecular formula is C15H28N2O2. The van der Waals surface area contributed by atoms with E-state index in [0.29, 0.717) is 25.6 Å². The van der Waals surface area contributed by atoms with E-state index >= 15 is 0 Å². The number of hydrogen-bond acceptors (Lipinski definition) is 3. The molecule has 19 heavy (non-hydrogen) atoms. The van der Waals surface area contributed by atoms with E-state index in [1.807, 2.05) is 6.92 Å². The third kappa shape index (κ3) is 4.77. The summed E-state index contributed by atoms with van der Waals surface area (Å²) >= 11 is 0. The molecule has 110 valence electrons. The molecule has 0 unspecified atom stereocenters. The lowest BCUT2D eigenvalue weighted by Gasteiger charge is -2.23. The van der Waals surface area contributed by atoms with E-state index in [0.717, 1.165) is 12.6 Å². The Labute approximate surface area is 116 Å². The van der Waals surface area contributed by atoms with Crippen LogP contribution in [0.2, 0.25) is 0 Å². The van der Waals surface area contributed by atoms with Crippen molar-refractivity contribution in [3.63, 3.8) is 0 Å². The zero-order chi connectivity index (χ0) is 13.5. The summed E-state index contributed by atoms with van der Waals surface area (Å²) in [4.78, 5) is 14.3. The van der Waals surface area contributed by atoms with Crippen molar-refractivity contribution in [1.29, 1.82) is 0 Å². The Kier molecular flexibility index (Phi) is 6.11. The lowest BCUT2D eigenvalue weighted by atomic mass is 10.1. The molecule has 1 atom stereocenters. The summed E-state index contributed by atoms with van der Waals surface area (Å²) in [7, 11) is 0. The highest BCUT2D eigenvalue weighted by atomic mass is 16.5. The van der Waals surface area contributed by atoms with Crippen LogP contribution in [-0.4, -0.2) is 49.7 Å². The number of likely N-dealkylation sites (tertiary alicyclic amines) is 1. The Morgan fingerprint density at radius 2 is 2.11 bits per heavy atom. The van der Waals surface area contributed by atoms with Crippen molar-refractivity contribution < 1.29 is 9.53 Å². The van der Waals surface area contributed by atoms with Gasteiger partial charge >= 0.3 is 0 Å². The van der Waals surface area contributed by atoms with Crippen LogP contribution < -0.4 is 5.32 Å². The van der Waals surface area contributed by atoms with Crippen LogP contribution in [0.4, 0.5) is 0 Å². The van der Waals surface area contributed by atoms with Crippen molar-refractivity contribution in [2.24, 2.45) is 5.92 Å². The van der Waals surface area contributed by atoms with E-state index in [1.54, 1.807) is 0 Å². The minimum Gasteiger partial charge on any atom is -0.381 e. The third-order valence-corrected chi connectivity index (χ3v) is 4.42. The average Bonchev–Trinajstić information content (AvgIpc) is 3.07. The van der Waals surface area contributed by atoms with E-state index < -0.39 is 0 Å². The van der Waals surface area contributed by atoms with Gasteiger partial charge in [-0.15, -0.1) is 0 Å². The molecule has 4 nitrogen and oxygen atoms in total. The van der Waals surface area contributed by atoms with Crippen molar-refractivity contribution >= 4 is 5.91 Å². The monoisotopic (exact) mass is 268 g/mol. The van der Waals surface area contributed by atoms with Crippen LogP contribution in [0.3, 0.4) is 0 Å². The smallest absolute Gasteiger partial charge is 0.222 e. The number of hydrogen-bond donors (Lipinski definition) is 1. The first kappa shape index (κ1) is 14.8. The van der Waals surface area contributed by atoms with Gasteiger partial charge in [0.15, 0.2) is 0 Å². The fourth-order valence-corrected chi connectivity index (χ4v) is 3.29. The summed E-state index contributed by atoms with van der Waals surface area (Å²) in [5.74, 6) is 0.782. The van der Waals surface area contributed by atoms with Gasteiger partial charge in [0.05, 0.1) is 6.61 Å². The van der Waals surface area contributed by atoms with Crippen LogP contribution in [0, 0.1) is 5.92 Å². The third-order valence-electron chi connectivity index (χ3n) is 4.42. The summed E-state index contributed by atoms with van der Waals surface area (Å²) < 4.78 is 5.19. The number of ether oxygens (including phenoxy) is 1. The average molecular weight is 268 g/mol. The maximum atomic E-state index is 11.6. The van der Waals surface area contributed by atoms with Crippen molar-refractivity contribution in [3.8, 4) is 0 Å². The molecule has 2 fully saturated rings. The highest BCUT2D eigenvalue weighted by molar-refractivity contribution is 5.75. The molecule has 0 aromatic heterocycles. The fraction of sp³-hybridized carbons (Fsp3) is 0.933. The first-order valence-electron chi connectivity index (χ1n) is 7.88. The van der Waals surface area contributed by atoms with E-state index in [2.05, 4.69) is 10.2 Å². The van der Waals surface area contributed by atoms with Gasteiger partial charge in [-0.1, -0.05) is 12.8 Å². The van der Waals surface area contributed by atoms with E-state index in [4.69, 9.17) is 4.74 Å². The Morgan fingerprint density at radius 3 is 2.84 bits per heavy atom. The molecule has 1 N–H and O–H groups in total. The van der Waals surface area contributed by atoms with Gasteiger partial charge in [0, 0.05) is 32.2 Å². The lowest BCUT2D eigenvalue weighted by molar-refractivity contribution is -0.122. The van der Waals surface area contributed by atoms with Crippen LogP contribution in [0.1, 0.15) is 45.4 Å². The van der Waals surface area contributed by atoms with Gasteiger partial charge in [-0.25, -0.2) is 0 Å². The Morgan fingerprint density at radius 1 is 1.32 bits per heavy atom. The second-order valence-corrected chi connectivity index (χ2v) is 5.84. The summed E-state index contributed by atoms with van der Waals surface area (Å²) in [5.41, 5.74) is 0. The lowest BCUT2D eigenvalue weighted by Crippen LogP contribution is -2.34. The Hall–Kier alpha value is -0.610.